The van der Waals surface area contributed by atoms with Gasteiger partial charge in [-0.25, -0.2) is 0 Å². The van der Waals surface area contributed by atoms with E-state index in [-0.39, 0.29) is 0 Å². The van der Waals surface area contributed by atoms with Gasteiger partial charge in [-0.3, -0.25) is 4.79 Å². The summed E-state index contributed by atoms with van der Waals surface area (Å²) in [6.45, 7) is 9.55. The molecule has 0 heterocycles. The van der Waals surface area contributed by atoms with Gasteiger partial charge < -0.3 is 9.84 Å². The third kappa shape index (κ3) is 3.91. The summed E-state index contributed by atoms with van der Waals surface area (Å²) in [6.07, 6.45) is 0.439. The van der Waals surface area contributed by atoms with Gasteiger partial charge in [0.25, 0.3) is 0 Å². The Labute approximate surface area is 108 Å². The molecule has 0 aliphatic heterocycles. The summed E-state index contributed by atoms with van der Waals surface area (Å²) in [6, 6.07) is 7.53. The molecular weight excluding hydrogens is 228 g/mol. The zero-order valence-corrected chi connectivity index (χ0v) is 11.2. The van der Waals surface area contributed by atoms with Crippen LogP contribution in [0, 0.1) is 5.41 Å². The van der Waals surface area contributed by atoms with Crippen molar-refractivity contribution in [3.8, 4) is 5.75 Å². The second-order valence-corrected chi connectivity index (χ2v) is 5.22. The van der Waals surface area contributed by atoms with Crippen molar-refractivity contribution in [2.45, 2.75) is 27.2 Å². The molecule has 0 aromatic heterocycles. The number of benzene rings is 1. The van der Waals surface area contributed by atoms with Crippen molar-refractivity contribution in [2.75, 3.05) is 6.61 Å². The van der Waals surface area contributed by atoms with E-state index < -0.39 is 11.4 Å². The summed E-state index contributed by atoms with van der Waals surface area (Å²) in [5.41, 5.74) is 1.04. The minimum absolute atomic E-state index is 0.439. The molecule has 0 radical (unpaired) electrons. The van der Waals surface area contributed by atoms with Gasteiger partial charge in [-0.2, -0.15) is 0 Å². The summed E-state index contributed by atoms with van der Waals surface area (Å²) < 4.78 is 5.63. The molecule has 0 spiro atoms. The smallest absolute Gasteiger partial charge is 0.309 e. The molecule has 1 N–H and O–H groups in total. The number of para-hydroxylation sites is 1. The first-order chi connectivity index (χ1) is 8.33. The largest absolute Gasteiger partial charge is 0.489 e. The fraction of sp³-hybridized carbons (Fsp3) is 0.400. The predicted octanol–water partition coefficient (Wildman–Crippen LogP) is 3.29. The Morgan fingerprint density at radius 2 is 2.00 bits per heavy atom. The van der Waals surface area contributed by atoms with Crippen LogP contribution in [0.3, 0.4) is 0 Å². The van der Waals surface area contributed by atoms with Crippen LogP contribution in [0.25, 0.3) is 0 Å². The number of carboxylic acids is 1. The number of aliphatic carboxylic acids is 1. The Hall–Kier alpha value is -1.77. The highest BCUT2D eigenvalue weighted by atomic mass is 16.5. The van der Waals surface area contributed by atoms with Gasteiger partial charge in [-0.05, 0) is 44.4 Å². The molecule has 0 fully saturated rings. The quantitative estimate of drug-likeness (QED) is 0.786. The third-order valence-corrected chi connectivity index (χ3v) is 2.66. The summed E-state index contributed by atoms with van der Waals surface area (Å²) in [5.74, 6) is -0.0768. The van der Waals surface area contributed by atoms with Crippen LogP contribution in [0.2, 0.25) is 0 Å². The average Bonchev–Trinajstić information content (AvgIpc) is 2.27. The zero-order valence-electron chi connectivity index (χ0n) is 11.2. The van der Waals surface area contributed by atoms with Crippen LogP contribution in [-0.4, -0.2) is 17.7 Å². The summed E-state index contributed by atoms with van der Waals surface area (Å²) >= 11 is 0. The van der Waals surface area contributed by atoms with Crippen molar-refractivity contribution in [3.63, 3.8) is 0 Å². The van der Waals surface area contributed by atoms with Crippen LogP contribution in [0.4, 0.5) is 0 Å². The molecule has 0 amide bonds. The van der Waals surface area contributed by atoms with Gasteiger partial charge in [0.05, 0.1) is 5.41 Å². The van der Waals surface area contributed by atoms with Gasteiger partial charge in [-0.1, -0.05) is 24.8 Å². The molecule has 0 atom stereocenters. The van der Waals surface area contributed by atoms with Crippen LogP contribution in [-0.2, 0) is 11.2 Å². The molecule has 0 saturated carbocycles. The molecule has 1 aromatic carbocycles. The first-order valence-corrected chi connectivity index (χ1v) is 5.91. The summed E-state index contributed by atoms with van der Waals surface area (Å²) in [4.78, 5) is 11.1. The molecule has 0 bridgehead atoms. The first-order valence-electron chi connectivity index (χ1n) is 5.91. The van der Waals surface area contributed by atoms with Gasteiger partial charge in [0.15, 0.2) is 0 Å². The molecule has 18 heavy (non-hydrogen) atoms. The highest BCUT2D eigenvalue weighted by Crippen LogP contribution is 2.28. The van der Waals surface area contributed by atoms with Gasteiger partial charge in [0.1, 0.15) is 12.4 Å². The lowest BCUT2D eigenvalue weighted by Gasteiger charge is -2.21. The van der Waals surface area contributed by atoms with Crippen molar-refractivity contribution < 1.29 is 14.6 Å². The molecule has 0 unspecified atom stereocenters. The monoisotopic (exact) mass is 248 g/mol. The van der Waals surface area contributed by atoms with Crippen molar-refractivity contribution >= 4 is 5.97 Å². The molecular formula is C15H20O3. The molecule has 98 valence electrons. The van der Waals surface area contributed by atoms with Crippen molar-refractivity contribution in [1.82, 2.24) is 0 Å². The fourth-order valence-corrected chi connectivity index (χ4v) is 1.54. The van der Waals surface area contributed by atoms with Gasteiger partial charge in [0, 0.05) is 0 Å². The zero-order chi connectivity index (χ0) is 13.8. The normalized spacial score (nSPS) is 11.1. The van der Waals surface area contributed by atoms with E-state index >= 15 is 0 Å². The maximum Gasteiger partial charge on any atom is 0.309 e. The van der Waals surface area contributed by atoms with Crippen molar-refractivity contribution in [2.24, 2.45) is 5.41 Å². The number of hydrogen-bond acceptors (Lipinski definition) is 2. The third-order valence-electron chi connectivity index (χ3n) is 2.66. The van der Waals surface area contributed by atoms with Crippen LogP contribution in [0.1, 0.15) is 26.3 Å². The number of ether oxygens (including phenoxy) is 1. The Kier molecular flexibility index (Phi) is 4.54. The molecule has 0 aliphatic carbocycles. The van der Waals surface area contributed by atoms with Crippen LogP contribution in [0.15, 0.2) is 36.4 Å². The fourth-order valence-electron chi connectivity index (χ4n) is 1.54. The molecule has 3 nitrogen and oxygen atoms in total. The lowest BCUT2D eigenvalue weighted by Crippen LogP contribution is -2.26. The van der Waals surface area contributed by atoms with Gasteiger partial charge in [-0.15, -0.1) is 0 Å². The van der Waals surface area contributed by atoms with E-state index in [0.717, 1.165) is 16.9 Å². The SMILES string of the molecule is C=C(C)COc1ccccc1CC(C)(C)C(=O)O. The van der Waals surface area contributed by atoms with E-state index in [0.29, 0.717) is 13.0 Å². The number of carbonyl (C=O) groups is 1. The van der Waals surface area contributed by atoms with E-state index in [2.05, 4.69) is 6.58 Å². The maximum atomic E-state index is 11.1. The predicted molar refractivity (Wildman–Crippen MR) is 71.9 cm³/mol. The van der Waals surface area contributed by atoms with E-state index in [9.17, 15) is 4.79 Å². The Bertz CT molecular complexity index is 447. The maximum absolute atomic E-state index is 11.1. The topological polar surface area (TPSA) is 46.5 Å². The second-order valence-electron chi connectivity index (χ2n) is 5.22. The van der Waals surface area contributed by atoms with E-state index in [1.165, 1.54) is 0 Å². The number of hydrogen-bond donors (Lipinski definition) is 1. The second kappa shape index (κ2) is 5.71. The number of carboxylic acid groups (broad SMARTS) is 1. The first kappa shape index (κ1) is 14.3. The van der Waals surface area contributed by atoms with Gasteiger partial charge >= 0.3 is 5.97 Å². The van der Waals surface area contributed by atoms with Crippen molar-refractivity contribution in [1.29, 1.82) is 0 Å². The molecule has 0 aliphatic rings. The lowest BCUT2D eigenvalue weighted by molar-refractivity contribution is -0.146. The van der Waals surface area contributed by atoms with Crippen molar-refractivity contribution in [3.05, 3.63) is 42.0 Å². The van der Waals surface area contributed by atoms with E-state index in [1.807, 2.05) is 31.2 Å². The van der Waals surface area contributed by atoms with Crippen LogP contribution < -0.4 is 4.74 Å². The highest BCUT2D eigenvalue weighted by Gasteiger charge is 2.28. The highest BCUT2D eigenvalue weighted by molar-refractivity contribution is 5.74. The molecule has 3 heteroatoms. The molecule has 1 rings (SSSR count). The number of rotatable bonds is 6. The Morgan fingerprint density at radius 1 is 1.39 bits per heavy atom. The minimum Gasteiger partial charge on any atom is -0.489 e. The lowest BCUT2D eigenvalue weighted by atomic mass is 9.85. The molecule has 0 saturated heterocycles. The standard InChI is InChI=1S/C15H20O3/c1-11(2)10-18-13-8-6-5-7-12(13)9-15(3,4)14(16)17/h5-8H,1,9-10H2,2-4H3,(H,16,17). The Balaban J connectivity index is 2.88. The molecule has 1 aromatic rings. The van der Waals surface area contributed by atoms with E-state index in [4.69, 9.17) is 9.84 Å². The minimum atomic E-state index is -0.808. The van der Waals surface area contributed by atoms with Crippen LogP contribution in [0.5, 0.6) is 5.75 Å². The van der Waals surface area contributed by atoms with Crippen LogP contribution >= 0.6 is 0 Å². The van der Waals surface area contributed by atoms with E-state index in [1.54, 1.807) is 13.8 Å². The average molecular weight is 248 g/mol. The van der Waals surface area contributed by atoms with Gasteiger partial charge in [0.2, 0.25) is 0 Å². The Morgan fingerprint density at radius 3 is 2.56 bits per heavy atom. The summed E-state index contributed by atoms with van der Waals surface area (Å²) in [5, 5.41) is 9.16. The summed E-state index contributed by atoms with van der Waals surface area (Å²) in [7, 11) is 0.